The summed E-state index contributed by atoms with van der Waals surface area (Å²) >= 11 is 0. The van der Waals surface area contributed by atoms with Crippen molar-refractivity contribution in [1.82, 2.24) is 0 Å². The molecule has 2 aromatic rings. The van der Waals surface area contributed by atoms with Crippen LogP contribution in [0.15, 0.2) is 42.5 Å². The first kappa shape index (κ1) is 13.6. The van der Waals surface area contributed by atoms with Crippen LogP contribution >= 0.6 is 0 Å². The Morgan fingerprint density at radius 2 is 1.84 bits per heavy atom. The summed E-state index contributed by atoms with van der Waals surface area (Å²) in [5, 5.41) is 11.7. The summed E-state index contributed by atoms with van der Waals surface area (Å²) in [6.07, 6.45) is 3.91. The molecule has 19 heavy (non-hydrogen) atoms. The van der Waals surface area contributed by atoms with E-state index in [-0.39, 0.29) is 5.92 Å². The maximum absolute atomic E-state index is 11.4. The normalized spacial score (nSPS) is 12.5. The van der Waals surface area contributed by atoms with Crippen LogP contribution in [-0.2, 0) is 4.79 Å². The Balaban J connectivity index is 2.25. The zero-order valence-electron chi connectivity index (χ0n) is 11.3. The van der Waals surface area contributed by atoms with Gasteiger partial charge >= 0.3 is 5.97 Å². The number of aliphatic carboxylic acids is 1. The van der Waals surface area contributed by atoms with Gasteiger partial charge in [-0.3, -0.25) is 4.79 Å². The van der Waals surface area contributed by atoms with Crippen molar-refractivity contribution in [2.75, 3.05) is 0 Å². The van der Waals surface area contributed by atoms with Crippen LogP contribution in [0.1, 0.15) is 44.1 Å². The molecule has 2 nitrogen and oxygen atoms in total. The van der Waals surface area contributed by atoms with Gasteiger partial charge in [-0.1, -0.05) is 68.7 Å². The summed E-state index contributed by atoms with van der Waals surface area (Å²) in [6.45, 7) is 2.13. The molecule has 0 aliphatic carbocycles. The van der Waals surface area contributed by atoms with Crippen LogP contribution in [0.3, 0.4) is 0 Å². The SMILES string of the molecule is CCCCCC(C(=O)O)c1ccc2ccccc2c1. The fourth-order valence-corrected chi connectivity index (χ4v) is 2.46. The smallest absolute Gasteiger partial charge is 0.310 e. The molecule has 0 bridgehead atoms. The third kappa shape index (κ3) is 3.34. The van der Waals surface area contributed by atoms with Crippen molar-refractivity contribution in [1.29, 1.82) is 0 Å². The minimum absolute atomic E-state index is 0.379. The summed E-state index contributed by atoms with van der Waals surface area (Å²) in [5.41, 5.74) is 0.919. The van der Waals surface area contributed by atoms with Gasteiger partial charge in [0, 0.05) is 0 Å². The lowest BCUT2D eigenvalue weighted by atomic mass is 9.91. The summed E-state index contributed by atoms with van der Waals surface area (Å²) in [6, 6.07) is 14.0. The molecule has 0 saturated carbocycles. The number of carbonyl (C=O) groups is 1. The van der Waals surface area contributed by atoms with Crippen molar-refractivity contribution in [2.45, 2.75) is 38.5 Å². The largest absolute Gasteiger partial charge is 0.481 e. The molecule has 0 aromatic heterocycles. The van der Waals surface area contributed by atoms with Gasteiger partial charge in [-0.05, 0) is 22.8 Å². The van der Waals surface area contributed by atoms with Gasteiger partial charge in [0.05, 0.1) is 5.92 Å². The summed E-state index contributed by atoms with van der Waals surface area (Å²) in [4.78, 5) is 11.4. The van der Waals surface area contributed by atoms with E-state index in [1.807, 2.05) is 42.5 Å². The van der Waals surface area contributed by atoms with Crippen molar-refractivity contribution < 1.29 is 9.90 Å². The second-order valence-corrected chi connectivity index (χ2v) is 4.99. The molecule has 1 unspecified atom stereocenters. The zero-order valence-corrected chi connectivity index (χ0v) is 11.3. The van der Waals surface area contributed by atoms with Crippen LogP contribution in [0.4, 0.5) is 0 Å². The lowest BCUT2D eigenvalue weighted by Gasteiger charge is -2.13. The summed E-state index contributed by atoms with van der Waals surface area (Å²) < 4.78 is 0. The minimum atomic E-state index is -0.716. The Morgan fingerprint density at radius 1 is 1.11 bits per heavy atom. The molecule has 2 aromatic carbocycles. The Hall–Kier alpha value is -1.83. The predicted molar refractivity (Wildman–Crippen MR) is 78.5 cm³/mol. The molecule has 0 spiro atoms. The number of carboxylic acids is 1. The average molecular weight is 256 g/mol. The van der Waals surface area contributed by atoms with E-state index in [1.165, 1.54) is 0 Å². The topological polar surface area (TPSA) is 37.3 Å². The van der Waals surface area contributed by atoms with Crippen molar-refractivity contribution in [3.05, 3.63) is 48.0 Å². The van der Waals surface area contributed by atoms with E-state index in [9.17, 15) is 9.90 Å². The fraction of sp³-hybridized carbons (Fsp3) is 0.353. The highest BCUT2D eigenvalue weighted by molar-refractivity contribution is 5.85. The molecular formula is C17H20O2. The Morgan fingerprint density at radius 3 is 2.53 bits per heavy atom. The Bertz CT molecular complexity index is 560. The average Bonchev–Trinajstić information content (AvgIpc) is 2.43. The molecule has 0 radical (unpaired) electrons. The zero-order chi connectivity index (χ0) is 13.7. The van der Waals surface area contributed by atoms with Gasteiger partial charge < -0.3 is 5.11 Å². The fourth-order valence-electron chi connectivity index (χ4n) is 2.46. The lowest BCUT2D eigenvalue weighted by molar-refractivity contribution is -0.139. The molecule has 0 heterocycles. The number of unbranched alkanes of at least 4 members (excludes halogenated alkanes) is 2. The Kier molecular flexibility index (Phi) is 4.56. The summed E-state index contributed by atoms with van der Waals surface area (Å²) in [7, 11) is 0. The number of rotatable bonds is 6. The van der Waals surface area contributed by atoms with Gasteiger partial charge in [0.25, 0.3) is 0 Å². The van der Waals surface area contributed by atoms with Crippen molar-refractivity contribution in [3.63, 3.8) is 0 Å². The quantitative estimate of drug-likeness (QED) is 0.767. The third-order valence-corrected chi connectivity index (χ3v) is 3.57. The van der Waals surface area contributed by atoms with Crippen LogP contribution in [0.5, 0.6) is 0 Å². The summed E-state index contributed by atoms with van der Waals surface area (Å²) in [5.74, 6) is -1.09. The molecule has 1 atom stereocenters. The van der Waals surface area contributed by atoms with Gasteiger partial charge in [-0.15, -0.1) is 0 Å². The van der Waals surface area contributed by atoms with Crippen LogP contribution < -0.4 is 0 Å². The molecule has 0 fully saturated rings. The van der Waals surface area contributed by atoms with E-state index in [0.717, 1.165) is 42.0 Å². The molecule has 0 saturated heterocycles. The van der Waals surface area contributed by atoms with Gasteiger partial charge in [-0.25, -0.2) is 0 Å². The first-order valence-electron chi connectivity index (χ1n) is 6.94. The maximum Gasteiger partial charge on any atom is 0.310 e. The second kappa shape index (κ2) is 6.37. The van der Waals surface area contributed by atoms with Gasteiger partial charge in [0.1, 0.15) is 0 Å². The first-order valence-corrected chi connectivity index (χ1v) is 6.94. The van der Waals surface area contributed by atoms with E-state index in [1.54, 1.807) is 0 Å². The third-order valence-electron chi connectivity index (χ3n) is 3.57. The number of carboxylic acid groups (broad SMARTS) is 1. The highest BCUT2D eigenvalue weighted by Crippen LogP contribution is 2.26. The molecule has 100 valence electrons. The molecule has 2 rings (SSSR count). The standard InChI is InChI=1S/C17H20O2/c1-2-3-4-9-16(17(18)19)15-11-10-13-7-5-6-8-14(13)12-15/h5-8,10-12,16H,2-4,9H2,1H3,(H,18,19). The van der Waals surface area contributed by atoms with Crippen LogP contribution in [0, 0.1) is 0 Å². The van der Waals surface area contributed by atoms with E-state index >= 15 is 0 Å². The van der Waals surface area contributed by atoms with Crippen molar-refractivity contribution >= 4 is 16.7 Å². The van der Waals surface area contributed by atoms with Gasteiger partial charge in [0.15, 0.2) is 0 Å². The number of hydrogen-bond acceptors (Lipinski definition) is 1. The first-order chi connectivity index (χ1) is 9.22. The van der Waals surface area contributed by atoms with E-state index < -0.39 is 5.97 Å². The molecule has 1 N–H and O–H groups in total. The number of fused-ring (bicyclic) bond motifs is 1. The monoisotopic (exact) mass is 256 g/mol. The molecular weight excluding hydrogens is 236 g/mol. The highest BCUT2D eigenvalue weighted by Gasteiger charge is 2.19. The number of benzene rings is 2. The second-order valence-electron chi connectivity index (χ2n) is 4.99. The van der Waals surface area contributed by atoms with Crippen LogP contribution in [0.2, 0.25) is 0 Å². The molecule has 0 aliphatic rings. The number of hydrogen-bond donors (Lipinski definition) is 1. The van der Waals surface area contributed by atoms with Crippen molar-refractivity contribution in [2.24, 2.45) is 0 Å². The van der Waals surface area contributed by atoms with Crippen LogP contribution in [-0.4, -0.2) is 11.1 Å². The molecule has 2 heteroatoms. The van der Waals surface area contributed by atoms with Gasteiger partial charge in [0.2, 0.25) is 0 Å². The Labute approximate surface area is 114 Å². The minimum Gasteiger partial charge on any atom is -0.481 e. The van der Waals surface area contributed by atoms with Gasteiger partial charge in [-0.2, -0.15) is 0 Å². The highest BCUT2D eigenvalue weighted by atomic mass is 16.4. The predicted octanol–water partition coefficient (Wildman–Crippen LogP) is 4.59. The van der Waals surface area contributed by atoms with E-state index in [0.29, 0.717) is 0 Å². The van der Waals surface area contributed by atoms with E-state index in [2.05, 4.69) is 6.92 Å². The lowest BCUT2D eigenvalue weighted by Crippen LogP contribution is -2.11. The molecule has 0 aliphatic heterocycles. The van der Waals surface area contributed by atoms with E-state index in [4.69, 9.17) is 0 Å². The van der Waals surface area contributed by atoms with Crippen molar-refractivity contribution in [3.8, 4) is 0 Å². The maximum atomic E-state index is 11.4. The molecule has 0 amide bonds. The van der Waals surface area contributed by atoms with Crippen LogP contribution in [0.25, 0.3) is 10.8 Å².